The Morgan fingerprint density at radius 2 is 2.33 bits per heavy atom. The molecule has 1 amide bonds. The second-order valence-electron chi connectivity index (χ2n) is 3.88. The molecule has 1 atom stereocenters. The average Bonchev–Trinajstić information content (AvgIpc) is 2.60. The van der Waals surface area contributed by atoms with Crippen molar-refractivity contribution in [2.24, 2.45) is 13.0 Å². The number of alkyl halides is 1. The van der Waals surface area contributed by atoms with Gasteiger partial charge in [-0.05, 0) is 5.92 Å². The van der Waals surface area contributed by atoms with Crippen LogP contribution >= 0.6 is 22.6 Å². The highest BCUT2D eigenvalue weighted by molar-refractivity contribution is 14.1. The first-order valence-electron chi connectivity index (χ1n) is 4.90. The number of halogens is 1. The summed E-state index contributed by atoms with van der Waals surface area (Å²) in [5, 5.41) is 6.97. The molecule has 0 fully saturated rings. The van der Waals surface area contributed by atoms with Crippen molar-refractivity contribution in [1.29, 1.82) is 0 Å². The van der Waals surface area contributed by atoms with Crippen LogP contribution in [-0.2, 0) is 7.05 Å². The quantitative estimate of drug-likeness (QED) is 0.676. The van der Waals surface area contributed by atoms with Crippen molar-refractivity contribution in [2.45, 2.75) is 19.9 Å². The fourth-order valence-corrected chi connectivity index (χ4v) is 2.41. The van der Waals surface area contributed by atoms with E-state index in [2.05, 4.69) is 46.9 Å². The fourth-order valence-electron chi connectivity index (χ4n) is 1.17. The molecule has 1 aromatic heterocycles. The maximum Gasteiger partial charge on any atom is 0.254 e. The third-order valence-corrected chi connectivity index (χ3v) is 3.20. The molecule has 1 aromatic rings. The number of aromatic nitrogens is 2. The molecule has 0 aliphatic rings. The van der Waals surface area contributed by atoms with Crippen molar-refractivity contribution in [1.82, 2.24) is 15.1 Å². The highest BCUT2D eigenvalue weighted by Crippen LogP contribution is 2.06. The van der Waals surface area contributed by atoms with Gasteiger partial charge in [0, 0.05) is 23.7 Å². The first-order chi connectivity index (χ1) is 7.04. The van der Waals surface area contributed by atoms with Crippen LogP contribution in [-0.4, -0.2) is 26.2 Å². The molecule has 0 aliphatic heterocycles. The Morgan fingerprint density at radius 3 is 2.73 bits per heavy atom. The molecule has 15 heavy (non-hydrogen) atoms. The molecule has 0 aliphatic carbocycles. The zero-order chi connectivity index (χ0) is 11.4. The summed E-state index contributed by atoms with van der Waals surface area (Å²) < 4.78 is 2.55. The standard InChI is InChI=1S/C10H16IN3O/c1-7(2)9(4-11)13-10(15)8-5-12-14(3)6-8/h5-7,9H,4H2,1-3H3,(H,13,15). The number of nitrogens with one attached hydrogen (secondary N) is 1. The molecule has 0 aromatic carbocycles. The summed E-state index contributed by atoms with van der Waals surface area (Å²) in [4.78, 5) is 11.8. The summed E-state index contributed by atoms with van der Waals surface area (Å²) in [7, 11) is 1.80. The molecule has 4 nitrogen and oxygen atoms in total. The van der Waals surface area contributed by atoms with Gasteiger partial charge >= 0.3 is 0 Å². The number of amides is 1. The van der Waals surface area contributed by atoms with Gasteiger partial charge in [0.1, 0.15) is 0 Å². The van der Waals surface area contributed by atoms with Gasteiger partial charge in [-0.2, -0.15) is 5.10 Å². The summed E-state index contributed by atoms with van der Waals surface area (Å²) in [6, 6.07) is 0.221. The zero-order valence-corrected chi connectivity index (χ0v) is 11.4. The van der Waals surface area contributed by atoms with E-state index < -0.39 is 0 Å². The molecule has 0 radical (unpaired) electrons. The molecule has 0 saturated heterocycles. The Hall–Kier alpha value is -0.590. The Bertz CT molecular complexity index is 335. The Balaban J connectivity index is 2.62. The Kier molecular flexibility index (Phi) is 4.56. The van der Waals surface area contributed by atoms with Crippen LogP contribution in [0.25, 0.3) is 0 Å². The Morgan fingerprint density at radius 1 is 1.67 bits per heavy atom. The van der Waals surface area contributed by atoms with E-state index in [4.69, 9.17) is 0 Å². The second kappa shape index (κ2) is 5.48. The molecule has 1 rings (SSSR count). The van der Waals surface area contributed by atoms with Gasteiger partial charge in [0.15, 0.2) is 0 Å². The molecule has 0 bridgehead atoms. The van der Waals surface area contributed by atoms with Gasteiger partial charge < -0.3 is 5.32 Å². The lowest BCUT2D eigenvalue weighted by atomic mass is 10.1. The Labute approximate surface area is 104 Å². The lowest BCUT2D eigenvalue weighted by molar-refractivity contribution is 0.0932. The van der Waals surface area contributed by atoms with Crippen LogP contribution in [0.15, 0.2) is 12.4 Å². The van der Waals surface area contributed by atoms with Crippen LogP contribution in [0.4, 0.5) is 0 Å². The van der Waals surface area contributed by atoms with E-state index in [1.807, 2.05) is 0 Å². The molecule has 0 spiro atoms. The van der Waals surface area contributed by atoms with Gasteiger partial charge in [0.05, 0.1) is 11.8 Å². The van der Waals surface area contributed by atoms with E-state index in [0.29, 0.717) is 11.5 Å². The second-order valence-corrected chi connectivity index (χ2v) is 4.76. The largest absolute Gasteiger partial charge is 0.348 e. The SMILES string of the molecule is CC(C)C(CI)NC(=O)c1cnn(C)c1. The number of nitrogens with zero attached hydrogens (tertiary/aromatic N) is 2. The topological polar surface area (TPSA) is 46.9 Å². The number of aryl methyl sites for hydroxylation is 1. The van der Waals surface area contributed by atoms with Gasteiger partial charge in [-0.25, -0.2) is 0 Å². The lowest BCUT2D eigenvalue weighted by Gasteiger charge is -2.19. The van der Waals surface area contributed by atoms with E-state index in [-0.39, 0.29) is 11.9 Å². The lowest BCUT2D eigenvalue weighted by Crippen LogP contribution is -2.39. The van der Waals surface area contributed by atoms with E-state index in [0.717, 1.165) is 4.43 Å². The monoisotopic (exact) mass is 321 g/mol. The highest BCUT2D eigenvalue weighted by atomic mass is 127. The molecular formula is C10H16IN3O. The van der Waals surface area contributed by atoms with E-state index in [9.17, 15) is 4.79 Å². The van der Waals surface area contributed by atoms with Crippen molar-refractivity contribution in [3.8, 4) is 0 Å². The van der Waals surface area contributed by atoms with Gasteiger partial charge in [0.25, 0.3) is 5.91 Å². The van der Waals surface area contributed by atoms with Gasteiger partial charge in [-0.15, -0.1) is 0 Å². The molecule has 5 heteroatoms. The number of carbonyl (C=O) groups excluding carboxylic acids is 1. The molecule has 1 unspecified atom stereocenters. The third kappa shape index (κ3) is 3.48. The first kappa shape index (κ1) is 12.5. The van der Waals surface area contributed by atoms with E-state index >= 15 is 0 Å². The molecule has 0 saturated carbocycles. The minimum atomic E-state index is -0.0431. The van der Waals surface area contributed by atoms with Crippen LogP contribution in [0.5, 0.6) is 0 Å². The molecule has 84 valence electrons. The maximum atomic E-state index is 11.8. The van der Waals surface area contributed by atoms with Crippen molar-refractivity contribution in [2.75, 3.05) is 4.43 Å². The maximum absolute atomic E-state index is 11.8. The smallest absolute Gasteiger partial charge is 0.254 e. The normalized spacial score (nSPS) is 12.9. The van der Waals surface area contributed by atoms with Crippen molar-refractivity contribution < 1.29 is 4.79 Å². The summed E-state index contributed by atoms with van der Waals surface area (Å²) in [5.74, 6) is 0.404. The minimum absolute atomic E-state index is 0.0431. The van der Waals surface area contributed by atoms with Crippen molar-refractivity contribution in [3.05, 3.63) is 18.0 Å². The zero-order valence-electron chi connectivity index (χ0n) is 9.20. The fraction of sp³-hybridized carbons (Fsp3) is 0.600. The predicted molar refractivity (Wildman–Crippen MR) is 68.2 cm³/mol. The average molecular weight is 321 g/mol. The van der Waals surface area contributed by atoms with Crippen molar-refractivity contribution in [3.63, 3.8) is 0 Å². The molecule has 1 heterocycles. The van der Waals surface area contributed by atoms with Crippen LogP contribution in [0.1, 0.15) is 24.2 Å². The highest BCUT2D eigenvalue weighted by Gasteiger charge is 2.16. The van der Waals surface area contributed by atoms with Crippen LogP contribution in [0, 0.1) is 5.92 Å². The minimum Gasteiger partial charge on any atom is -0.348 e. The van der Waals surface area contributed by atoms with E-state index in [1.165, 1.54) is 0 Å². The third-order valence-electron chi connectivity index (χ3n) is 2.25. The van der Waals surface area contributed by atoms with Gasteiger partial charge in [0.2, 0.25) is 0 Å². The summed E-state index contributed by atoms with van der Waals surface area (Å²) in [5.41, 5.74) is 0.619. The summed E-state index contributed by atoms with van der Waals surface area (Å²) >= 11 is 2.29. The molecular weight excluding hydrogens is 305 g/mol. The van der Waals surface area contributed by atoms with Crippen molar-refractivity contribution >= 4 is 28.5 Å². The van der Waals surface area contributed by atoms with E-state index in [1.54, 1.807) is 24.1 Å². The van der Waals surface area contributed by atoms with Crippen LogP contribution in [0.2, 0.25) is 0 Å². The summed E-state index contributed by atoms with van der Waals surface area (Å²) in [6.07, 6.45) is 3.31. The van der Waals surface area contributed by atoms with Gasteiger partial charge in [-0.1, -0.05) is 36.4 Å². The number of hydrogen-bond acceptors (Lipinski definition) is 2. The summed E-state index contributed by atoms with van der Waals surface area (Å²) in [6.45, 7) is 4.21. The number of rotatable bonds is 4. The molecule has 1 N–H and O–H groups in total. The number of hydrogen-bond donors (Lipinski definition) is 1. The van der Waals surface area contributed by atoms with Gasteiger partial charge in [-0.3, -0.25) is 9.48 Å². The first-order valence-corrected chi connectivity index (χ1v) is 6.42. The van der Waals surface area contributed by atoms with Crippen LogP contribution in [0.3, 0.4) is 0 Å². The van der Waals surface area contributed by atoms with Crippen LogP contribution < -0.4 is 5.32 Å². The number of carbonyl (C=O) groups is 1. The predicted octanol–water partition coefficient (Wildman–Crippen LogP) is 1.61.